The quantitative estimate of drug-likeness (QED) is 0.789. The first kappa shape index (κ1) is 14.3. The molecule has 1 aliphatic carbocycles. The van der Waals surface area contributed by atoms with Crippen LogP contribution in [0, 0.1) is 0 Å². The molecule has 1 saturated heterocycles. The molecule has 2 N–H and O–H groups in total. The van der Waals surface area contributed by atoms with Crippen molar-refractivity contribution in [1.29, 1.82) is 0 Å². The number of nitrogens with zero attached hydrogens (tertiary/aromatic N) is 1. The van der Waals surface area contributed by atoms with Gasteiger partial charge in [0.2, 0.25) is 0 Å². The summed E-state index contributed by atoms with van der Waals surface area (Å²) in [6, 6.07) is 1.16. The van der Waals surface area contributed by atoms with E-state index >= 15 is 0 Å². The summed E-state index contributed by atoms with van der Waals surface area (Å²) >= 11 is 0. The van der Waals surface area contributed by atoms with Crippen molar-refractivity contribution in [2.75, 3.05) is 19.6 Å². The lowest BCUT2D eigenvalue weighted by Crippen LogP contribution is -2.55. The van der Waals surface area contributed by atoms with Crippen LogP contribution in [0.3, 0.4) is 0 Å². The van der Waals surface area contributed by atoms with E-state index in [4.69, 9.17) is 0 Å². The summed E-state index contributed by atoms with van der Waals surface area (Å²) in [5.74, 6) is 0. The lowest BCUT2D eigenvalue weighted by Gasteiger charge is -2.42. The average molecular weight is 254 g/mol. The standard InChI is InChI=1S/C15H30N2O/c1-3-16-13(2)14-8-4-7-11-17(14)12-15(18)9-5-6-10-15/h13-14,16,18H,3-12H2,1-2H3. The van der Waals surface area contributed by atoms with Crippen LogP contribution in [-0.2, 0) is 0 Å². The molecule has 3 nitrogen and oxygen atoms in total. The van der Waals surface area contributed by atoms with E-state index in [1.807, 2.05) is 0 Å². The van der Waals surface area contributed by atoms with Crippen LogP contribution in [0.5, 0.6) is 0 Å². The molecule has 1 heterocycles. The van der Waals surface area contributed by atoms with Crippen molar-refractivity contribution in [3.8, 4) is 0 Å². The summed E-state index contributed by atoms with van der Waals surface area (Å²) in [5.41, 5.74) is -0.387. The minimum atomic E-state index is -0.387. The molecule has 3 heteroatoms. The Morgan fingerprint density at radius 3 is 2.67 bits per heavy atom. The Labute approximate surface area is 112 Å². The molecule has 2 aliphatic rings. The average Bonchev–Trinajstić information content (AvgIpc) is 2.77. The van der Waals surface area contributed by atoms with Crippen molar-refractivity contribution in [2.24, 2.45) is 0 Å². The Kier molecular flexibility index (Phi) is 5.05. The molecular formula is C15H30N2O. The monoisotopic (exact) mass is 254 g/mol. The molecule has 1 saturated carbocycles. The molecule has 106 valence electrons. The summed E-state index contributed by atoms with van der Waals surface area (Å²) in [4.78, 5) is 2.56. The van der Waals surface area contributed by atoms with Gasteiger partial charge in [-0.3, -0.25) is 4.90 Å². The smallest absolute Gasteiger partial charge is 0.0774 e. The Morgan fingerprint density at radius 2 is 2.00 bits per heavy atom. The van der Waals surface area contributed by atoms with Crippen molar-refractivity contribution in [3.63, 3.8) is 0 Å². The number of aliphatic hydroxyl groups is 1. The molecule has 0 aromatic rings. The third kappa shape index (κ3) is 3.46. The number of likely N-dealkylation sites (tertiary alicyclic amines) is 1. The van der Waals surface area contributed by atoms with Gasteiger partial charge < -0.3 is 10.4 Å². The topological polar surface area (TPSA) is 35.5 Å². The van der Waals surface area contributed by atoms with E-state index in [1.165, 1.54) is 38.6 Å². The number of likely N-dealkylation sites (N-methyl/N-ethyl adjacent to an activating group) is 1. The van der Waals surface area contributed by atoms with Gasteiger partial charge in [0, 0.05) is 18.6 Å². The SMILES string of the molecule is CCNC(C)C1CCCCN1CC1(O)CCCC1. The van der Waals surface area contributed by atoms with E-state index in [-0.39, 0.29) is 5.60 Å². The molecule has 1 aliphatic heterocycles. The Balaban J connectivity index is 1.94. The number of β-amino-alcohol motifs (C(OH)–C–C–N with tert-alkyl or cyclic N) is 1. The summed E-state index contributed by atoms with van der Waals surface area (Å²) in [5, 5.41) is 14.2. The number of hydrogen-bond acceptors (Lipinski definition) is 3. The van der Waals surface area contributed by atoms with Gasteiger partial charge in [0.05, 0.1) is 5.60 Å². The zero-order valence-corrected chi connectivity index (χ0v) is 12.1. The summed E-state index contributed by atoms with van der Waals surface area (Å²) < 4.78 is 0. The molecule has 0 spiro atoms. The van der Waals surface area contributed by atoms with E-state index in [9.17, 15) is 5.11 Å². The van der Waals surface area contributed by atoms with Crippen LogP contribution in [0.1, 0.15) is 58.8 Å². The molecule has 0 bridgehead atoms. The summed E-state index contributed by atoms with van der Waals surface area (Å²) in [6.45, 7) is 7.57. The van der Waals surface area contributed by atoms with Crippen LogP contribution in [0.2, 0.25) is 0 Å². The first-order chi connectivity index (χ1) is 8.64. The zero-order chi connectivity index (χ0) is 13.0. The first-order valence-corrected chi connectivity index (χ1v) is 7.84. The molecule has 18 heavy (non-hydrogen) atoms. The highest BCUT2D eigenvalue weighted by Gasteiger charge is 2.37. The third-order valence-corrected chi connectivity index (χ3v) is 4.80. The van der Waals surface area contributed by atoms with E-state index in [0.29, 0.717) is 12.1 Å². The van der Waals surface area contributed by atoms with E-state index in [1.54, 1.807) is 0 Å². The molecule has 0 amide bonds. The molecular weight excluding hydrogens is 224 g/mol. The van der Waals surface area contributed by atoms with Crippen LogP contribution in [-0.4, -0.2) is 47.3 Å². The van der Waals surface area contributed by atoms with Crippen LogP contribution in [0.25, 0.3) is 0 Å². The maximum absolute atomic E-state index is 10.6. The van der Waals surface area contributed by atoms with Gasteiger partial charge in [-0.1, -0.05) is 26.2 Å². The highest BCUT2D eigenvalue weighted by molar-refractivity contribution is 4.92. The molecule has 2 atom stereocenters. The van der Waals surface area contributed by atoms with Crippen molar-refractivity contribution in [2.45, 2.75) is 76.5 Å². The summed E-state index contributed by atoms with van der Waals surface area (Å²) in [7, 11) is 0. The largest absolute Gasteiger partial charge is 0.389 e. The van der Waals surface area contributed by atoms with Gasteiger partial charge in [-0.2, -0.15) is 0 Å². The molecule has 0 radical (unpaired) electrons. The fourth-order valence-electron chi connectivity index (χ4n) is 3.81. The van der Waals surface area contributed by atoms with Gasteiger partial charge >= 0.3 is 0 Å². The molecule has 0 aromatic heterocycles. The second kappa shape index (κ2) is 6.36. The van der Waals surface area contributed by atoms with Crippen LogP contribution in [0.4, 0.5) is 0 Å². The van der Waals surface area contributed by atoms with Crippen molar-refractivity contribution >= 4 is 0 Å². The van der Waals surface area contributed by atoms with Crippen LogP contribution < -0.4 is 5.32 Å². The van der Waals surface area contributed by atoms with Crippen molar-refractivity contribution < 1.29 is 5.11 Å². The van der Waals surface area contributed by atoms with Gasteiger partial charge in [-0.25, -0.2) is 0 Å². The van der Waals surface area contributed by atoms with Gasteiger partial charge in [0.15, 0.2) is 0 Å². The number of piperidine rings is 1. The van der Waals surface area contributed by atoms with Gasteiger partial charge in [-0.05, 0) is 45.7 Å². The first-order valence-electron chi connectivity index (χ1n) is 7.84. The van der Waals surface area contributed by atoms with Crippen molar-refractivity contribution in [1.82, 2.24) is 10.2 Å². The molecule has 2 fully saturated rings. The second-order valence-corrected chi connectivity index (χ2v) is 6.31. The van der Waals surface area contributed by atoms with Crippen LogP contribution in [0.15, 0.2) is 0 Å². The lowest BCUT2D eigenvalue weighted by molar-refractivity contribution is -0.0173. The third-order valence-electron chi connectivity index (χ3n) is 4.80. The minimum Gasteiger partial charge on any atom is -0.389 e. The predicted octanol–water partition coefficient (Wildman–Crippen LogP) is 2.14. The fourth-order valence-corrected chi connectivity index (χ4v) is 3.81. The highest BCUT2D eigenvalue weighted by Crippen LogP contribution is 2.32. The van der Waals surface area contributed by atoms with Gasteiger partial charge in [-0.15, -0.1) is 0 Å². The zero-order valence-electron chi connectivity index (χ0n) is 12.1. The Morgan fingerprint density at radius 1 is 1.28 bits per heavy atom. The molecule has 2 rings (SSSR count). The van der Waals surface area contributed by atoms with E-state index in [2.05, 4.69) is 24.1 Å². The number of rotatable bonds is 5. The number of hydrogen-bond donors (Lipinski definition) is 2. The van der Waals surface area contributed by atoms with E-state index in [0.717, 1.165) is 25.9 Å². The lowest BCUT2D eigenvalue weighted by atomic mass is 9.93. The second-order valence-electron chi connectivity index (χ2n) is 6.31. The van der Waals surface area contributed by atoms with E-state index < -0.39 is 0 Å². The highest BCUT2D eigenvalue weighted by atomic mass is 16.3. The minimum absolute atomic E-state index is 0.387. The van der Waals surface area contributed by atoms with Gasteiger partial charge in [0.1, 0.15) is 0 Å². The summed E-state index contributed by atoms with van der Waals surface area (Å²) in [6.07, 6.45) is 8.35. The maximum Gasteiger partial charge on any atom is 0.0774 e. The normalized spacial score (nSPS) is 30.5. The fraction of sp³-hybridized carbons (Fsp3) is 1.00. The Bertz CT molecular complexity index is 251. The predicted molar refractivity (Wildman–Crippen MR) is 75.8 cm³/mol. The van der Waals surface area contributed by atoms with Crippen molar-refractivity contribution in [3.05, 3.63) is 0 Å². The van der Waals surface area contributed by atoms with Gasteiger partial charge in [0.25, 0.3) is 0 Å². The maximum atomic E-state index is 10.6. The Hall–Kier alpha value is -0.120. The van der Waals surface area contributed by atoms with Crippen LogP contribution >= 0.6 is 0 Å². The molecule has 0 aromatic carbocycles. The number of nitrogens with one attached hydrogen (secondary N) is 1. The molecule has 2 unspecified atom stereocenters.